The van der Waals surface area contributed by atoms with E-state index >= 15 is 0 Å². The second kappa shape index (κ2) is 9.14. The molecular weight excluding hydrogens is 401 g/mol. The first-order valence-corrected chi connectivity index (χ1v) is 9.89. The highest BCUT2D eigenvalue weighted by atomic mass is 32.2. The number of ether oxygens (including phenoxy) is 1. The lowest BCUT2D eigenvalue weighted by Crippen LogP contribution is -2.45. The Kier molecular flexibility index (Phi) is 6.60. The van der Waals surface area contributed by atoms with E-state index in [9.17, 15) is 19.3 Å². The molecule has 1 N–H and O–H groups in total. The van der Waals surface area contributed by atoms with Crippen molar-refractivity contribution < 1.29 is 18.8 Å². The summed E-state index contributed by atoms with van der Waals surface area (Å²) >= 11 is 1.21. The predicted molar refractivity (Wildman–Crippen MR) is 107 cm³/mol. The molecular formula is C18H20FN5O4S. The Morgan fingerprint density at radius 1 is 1.34 bits per heavy atom. The molecule has 0 spiro atoms. The van der Waals surface area contributed by atoms with Gasteiger partial charge in [-0.3, -0.25) is 14.9 Å². The quantitative estimate of drug-likeness (QED) is 0.328. The van der Waals surface area contributed by atoms with Crippen LogP contribution < -0.4 is 10.2 Å². The van der Waals surface area contributed by atoms with Crippen LogP contribution in [0.5, 0.6) is 0 Å². The number of nitrogens with zero attached hydrogens (tertiary/aromatic N) is 4. The lowest BCUT2D eigenvalue weighted by atomic mass is 10.2. The maximum atomic E-state index is 13.4. The van der Waals surface area contributed by atoms with Gasteiger partial charge in [0.15, 0.2) is 0 Å². The second-order valence-electron chi connectivity index (χ2n) is 6.64. The molecule has 2 atom stereocenters. The second-order valence-corrected chi connectivity index (χ2v) is 7.63. The number of amides is 1. The smallest absolute Gasteiger partial charge is 0.306 e. The zero-order valence-electron chi connectivity index (χ0n) is 15.9. The number of aromatic nitrogens is 2. The largest absolute Gasteiger partial charge is 0.372 e. The molecule has 1 aliphatic heterocycles. The summed E-state index contributed by atoms with van der Waals surface area (Å²) in [6.07, 6.45) is 1.63. The molecule has 1 fully saturated rings. The maximum absolute atomic E-state index is 13.4. The summed E-state index contributed by atoms with van der Waals surface area (Å²) in [5.41, 5.74) is -0.534. The van der Waals surface area contributed by atoms with Crippen LogP contribution in [0.15, 0.2) is 35.6 Å². The van der Waals surface area contributed by atoms with Crippen molar-refractivity contribution in [2.24, 2.45) is 0 Å². The summed E-state index contributed by atoms with van der Waals surface area (Å²) in [4.78, 5) is 32.7. The van der Waals surface area contributed by atoms with Crippen molar-refractivity contribution in [3.05, 3.63) is 46.5 Å². The number of thioether (sulfide) groups is 1. The van der Waals surface area contributed by atoms with Gasteiger partial charge in [-0.05, 0) is 26.0 Å². The van der Waals surface area contributed by atoms with Crippen LogP contribution in [-0.4, -0.2) is 51.8 Å². The molecule has 1 aromatic carbocycles. The van der Waals surface area contributed by atoms with Gasteiger partial charge in [0.25, 0.3) is 0 Å². The van der Waals surface area contributed by atoms with Gasteiger partial charge in [0.2, 0.25) is 11.7 Å². The van der Waals surface area contributed by atoms with Gasteiger partial charge in [0.05, 0.1) is 22.9 Å². The minimum atomic E-state index is -0.956. The third-order valence-corrected chi connectivity index (χ3v) is 5.07. The van der Waals surface area contributed by atoms with E-state index in [-0.39, 0.29) is 29.6 Å². The van der Waals surface area contributed by atoms with Crippen molar-refractivity contribution in [2.75, 3.05) is 29.1 Å². The molecule has 1 aliphatic rings. The molecule has 0 radical (unpaired) electrons. The summed E-state index contributed by atoms with van der Waals surface area (Å²) in [7, 11) is 0. The van der Waals surface area contributed by atoms with E-state index in [1.54, 1.807) is 0 Å². The number of hydrogen-bond donors (Lipinski definition) is 1. The van der Waals surface area contributed by atoms with E-state index in [0.717, 1.165) is 31.0 Å². The number of nitro benzene ring substituents is 1. The topological polar surface area (TPSA) is 110 Å². The highest BCUT2D eigenvalue weighted by molar-refractivity contribution is 7.99. The number of carbonyl (C=O) groups is 1. The molecule has 9 nitrogen and oxygen atoms in total. The summed E-state index contributed by atoms with van der Waals surface area (Å²) < 4.78 is 19.1. The van der Waals surface area contributed by atoms with E-state index in [2.05, 4.69) is 20.2 Å². The molecule has 29 heavy (non-hydrogen) atoms. The molecule has 0 bridgehead atoms. The Balaban J connectivity index is 1.59. The monoisotopic (exact) mass is 421 g/mol. The zero-order chi connectivity index (χ0) is 21.0. The minimum absolute atomic E-state index is 0.0392. The number of halogens is 1. The molecule has 11 heteroatoms. The number of nitrogens with one attached hydrogen (secondary N) is 1. The SMILES string of the molecule is CC1CN(c2cc(SCC(=O)Nc3ccc(F)c([N+](=O)[O-])c3)ncn2)CC(C)O1. The number of anilines is 2. The normalized spacial score (nSPS) is 19.1. The summed E-state index contributed by atoms with van der Waals surface area (Å²) in [6, 6.07) is 5.02. The maximum Gasteiger partial charge on any atom is 0.306 e. The van der Waals surface area contributed by atoms with Crippen LogP contribution in [0.25, 0.3) is 0 Å². The Morgan fingerprint density at radius 2 is 2.07 bits per heavy atom. The first-order chi connectivity index (χ1) is 13.8. The Labute approximate surface area is 170 Å². The Morgan fingerprint density at radius 3 is 2.76 bits per heavy atom. The third-order valence-electron chi connectivity index (χ3n) is 4.15. The van der Waals surface area contributed by atoms with Crippen LogP contribution in [0.4, 0.5) is 21.6 Å². The predicted octanol–water partition coefficient (Wildman–Crippen LogP) is 2.87. The Bertz CT molecular complexity index is 906. The fourth-order valence-electron chi connectivity index (χ4n) is 3.01. The van der Waals surface area contributed by atoms with Gasteiger partial charge in [0, 0.05) is 30.9 Å². The lowest BCUT2D eigenvalue weighted by Gasteiger charge is -2.36. The first-order valence-electron chi connectivity index (χ1n) is 8.91. The van der Waals surface area contributed by atoms with Crippen LogP contribution in [0.1, 0.15) is 13.8 Å². The fourth-order valence-corrected chi connectivity index (χ4v) is 3.68. The third kappa shape index (κ3) is 5.61. The van der Waals surface area contributed by atoms with Crippen LogP contribution in [0.2, 0.25) is 0 Å². The molecule has 2 heterocycles. The van der Waals surface area contributed by atoms with Gasteiger partial charge in [-0.15, -0.1) is 0 Å². The van der Waals surface area contributed by atoms with Crippen molar-refractivity contribution >= 4 is 34.9 Å². The van der Waals surface area contributed by atoms with E-state index < -0.39 is 16.4 Å². The number of morpholine rings is 1. The van der Waals surface area contributed by atoms with E-state index in [1.165, 1.54) is 24.2 Å². The first kappa shape index (κ1) is 20.9. The highest BCUT2D eigenvalue weighted by Gasteiger charge is 2.23. The molecule has 0 saturated carbocycles. The van der Waals surface area contributed by atoms with Crippen LogP contribution in [0, 0.1) is 15.9 Å². The molecule has 1 saturated heterocycles. The van der Waals surface area contributed by atoms with E-state index in [0.29, 0.717) is 5.03 Å². The fraction of sp³-hybridized carbons (Fsp3) is 0.389. The molecule has 1 aromatic heterocycles. The van der Waals surface area contributed by atoms with Gasteiger partial charge < -0.3 is 15.0 Å². The molecule has 3 rings (SSSR count). The van der Waals surface area contributed by atoms with Crippen LogP contribution >= 0.6 is 11.8 Å². The number of rotatable bonds is 6. The van der Waals surface area contributed by atoms with Crippen molar-refractivity contribution in [3.8, 4) is 0 Å². The van der Waals surface area contributed by atoms with Gasteiger partial charge >= 0.3 is 5.69 Å². The average Bonchev–Trinajstić information content (AvgIpc) is 2.67. The lowest BCUT2D eigenvalue weighted by molar-refractivity contribution is -0.387. The van der Waals surface area contributed by atoms with Gasteiger partial charge in [-0.2, -0.15) is 4.39 Å². The molecule has 1 amide bonds. The van der Waals surface area contributed by atoms with Crippen molar-refractivity contribution in [1.29, 1.82) is 0 Å². The Hall–Kier alpha value is -2.79. The van der Waals surface area contributed by atoms with E-state index in [1.807, 2.05) is 19.9 Å². The summed E-state index contributed by atoms with van der Waals surface area (Å²) in [5.74, 6) is -0.538. The standard InChI is InChI=1S/C18H20FN5O4S/c1-11-7-23(8-12(2)28-11)16-6-18(21-10-20-16)29-9-17(25)22-13-3-4-14(19)15(5-13)24(26)27/h3-6,10-12H,7-9H2,1-2H3,(H,22,25). The number of carbonyl (C=O) groups excluding carboxylic acids is 1. The van der Waals surface area contributed by atoms with Crippen LogP contribution in [-0.2, 0) is 9.53 Å². The van der Waals surface area contributed by atoms with Gasteiger partial charge in [0.1, 0.15) is 17.2 Å². The van der Waals surface area contributed by atoms with Gasteiger partial charge in [-0.1, -0.05) is 11.8 Å². The zero-order valence-corrected chi connectivity index (χ0v) is 16.7. The summed E-state index contributed by atoms with van der Waals surface area (Å²) in [5, 5.41) is 13.9. The highest BCUT2D eigenvalue weighted by Crippen LogP contribution is 2.24. The average molecular weight is 421 g/mol. The van der Waals surface area contributed by atoms with Crippen molar-refractivity contribution in [2.45, 2.75) is 31.1 Å². The minimum Gasteiger partial charge on any atom is -0.372 e. The van der Waals surface area contributed by atoms with Gasteiger partial charge in [-0.25, -0.2) is 9.97 Å². The van der Waals surface area contributed by atoms with Crippen molar-refractivity contribution in [3.63, 3.8) is 0 Å². The number of nitro groups is 1. The number of hydrogen-bond acceptors (Lipinski definition) is 8. The molecule has 0 aliphatic carbocycles. The van der Waals surface area contributed by atoms with Crippen molar-refractivity contribution in [1.82, 2.24) is 9.97 Å². The molecule has 2 aromatic rings. The van der Waals surface area contributed by atoms with Crippen LogP contribution in [0.3, 0.4) is 0 Å². The molecule has 154 valence electrons. The van der Waals surface area contributed by atoms with E-state index in [4.69, 9.17) is 4.74 Å². The molecule has 2 unspecified atom stereocenters. The number of benzene rings is 1. The summed E-state index contributed by atoms with van der Waals surface area (Å²) in [6.45, 7) is 5.44.